The molecule has 28 heavy (non-hydrogen) atoms. The monoisotopic (exact) mass is 397 g/mol. The molecular formula is C20H35N3O5. The van der Waals surface area contributed by atoms with E-state index in [1.807, 2.05) is 34.6 Å². The molecule has 0 radical (unpaired) electrons. The molecule has 0 aliphatic rings. The lowest BCUT2D eigenvalue weighted by Crippen LogP contribution is -2.42. The summed E-state index contributed by atoms with van der Waals surface area (Å²) in [6.07, 6.45) is -0.703. The van der Waals surface area contributed by atoms with Crippen LogP contribution in [-0.4, -0.2) is 65.2 Å². The van der Waals surface area contributed by atoms with Crippen LogP contribution in [0, 0.1) is 0 Å². The summed E-state index contributed by atoms with van der Waals surface area (Å²) in [5, 5.41) is 16.0. The first-order valence-electron chi connectivity index (χ1n) is 9.34. The Hall–Kier alpha value is -2.16. The fraction of sp³-hybridized carbons (Fsp3) is 0.600. The number of benzene rings is 1. The van der Waals surface area contributed by atoms with E-state index in [9.17, 15) is 14.7 Å². The van der Waals surface area contributed by atoms with Crippen molar-refractivity contribution in [3.8, 4) is 5.75 Å². The third-order valence-electron chi connectivity index (χ3n) is 3.96. The van der Waals surface area contributed by atoms with Crippen LogP contribution >= 0.6 is 0 Å². The summed E-state index contributed by atoms with van der Waals surface area (Å²) in [6.45, 7) is 12.9. The Morgan fingerprint density at radius 3 is 2.32 bits per heavy atom. The molecule has 0 aromatic heterocycles. The Kier molecular flexibility index (Phi) is 10.7. The number of ketones is 1. The number of hydrogen-bond acceptors (Lipinski definition) is 5. The maximum atomic E-state index is 12.2. The van der Waals surface area contributed by atoms with Crippen molar-refractivity contribution in [1.29, 1.82) is 0 Å². The van der Waals surface area contributed by atoms with Crippen molar-refractivity contribution in [1.82, 2.24) is 10.2 Å². The molecule has 2 amide bonds. The van der Waals surface area contributed by atoms with E-state index in [4.69, 9.17) is 4.74 Å². The number of carbonyl (C=O) groups excluding carboxylic acids is 2. The Morgan fingerprint density at radius 2 is 1.82 bits per heavy atom. The van der Waals surface area contributed by atoms with E-state index in [0.29, 0.717) is 36.6 Å². The van der Waals surface area contributed by atoms with Crippen LogP contribution in [0.25, 0.3) is 0 Å². The molecule has 8 heteroatoms. The van der Waals surface area contributed by atoms with Gasteiger partial charge in [-0.1, -0.05) is 0 Å². The molecule has 160 valence electrons. The summed E-state index contributed by atoms with van der Waals surface area (Å²) in [7, 11) is 0. The van der Waals surface area contributed by atoms with Gasteiger partial charge in [-0.25, -0.2) is 4.79 Å². The highest BCUT2D eigenvalue weighted by Gasteiger charge is 2.16. The average Bonchev–Trinajstić information content (AvgIpc) is 2.59. The maximum Gasteiger partial charge on any atom is 0.321 e. The van der Waals surface area contributed by atoms with Crippen LogP contribution in [0.2, 0.25) is 0 Å². The van der Waals surface area contributed by atoms with Gasteiger partial charge in [-0.15, -0.1) is 0 Å². The standard InChI is InChI=1S/C20H33N3O4.H2O/c1-7-23(8-2)19(26)22-15-9-10-18(17(11-15)14(3)24)27-13-16(25)12-21-20(4,5)6;/h9-11,16,21,25H,7-8,12-13H2,1-6H3,(H,22,26);1H2. The van der Waals surface area contributed by atoms with Gasteiger partial charge in [0.1, 0.15) is 18.5 Å². The normalized spacial score (nSPS) is 12.0. The molecule has 0 aliphatic carbocycles. The number of β-amino-alcohol motifs (C(OH)–C–C–N with tert-alkyl or cyclic N) is 1. The number of urea groups is 1. The summed E-state index contributed by atoms with van der Waals surface area (Å²) < 4.78 is 5.64. The summed E-state index contributed by atoms with van der Waals surface area (Å²) in [5.74, 6) is 0.212. The molecule has 8 nitrogen and oxygen atoms in total. The summed E-state index contributed by atoms with van der Waals surface area (Å²) in [5.41, 5.74) is 0.790. The van der Waals surface area contributed by atoms with Crippen LogP contribution in [0.15, 0.2) is 18.2 Å². The van der Waals surface area contributed by atoms with Gasteiger partial charge in [0.15, 0.2) is 5.78 Å². The van der Waals surface area contributed by atoms with E-state index in [0.717, 1.165) is 0 Å². The second-order valence-electron chi connectivity index (χ2n) is 7.47. The fourth-order valence-corrected chi connectivity index (χ4v) is 2.39. The van der Waals surface area contributed by atoms with Gasteiger partial charge in [-0.2, -0.15) is 0 Å². The average molecular weight is 398 g/mol. The van der Waals surface area contributed by atoms with Crippen LogP contribution in [0.5, 0.6) is 5.75 Å². The quantitative estimate of drug-likeness (QED) is 0.551. The molecule has 1 unspecified atom stereocenters. The largest absolute Gasteiger partial charge is 0.490 e. The lowest BCUT2D eigenvalue weighted by atomic mass is 10.1. The van der Waals surface area contributed by atoms with Crippen molar-refractivity contribution < 1.29 is 24.9 Å². The number of anilines is 1. The van der Waals surface area contributed by atoms with E-state index in [2.05, 4.69) is 10.6 Å². The topological polar surface area (TPSA) is 122 Å². The zero-order chi connectivity index (χ0) is 20.6. The SMILES string of the molecule is CCN(CC)C(=O)Nc1ccc(OCC(O)CNC(C)(C)C)c(C(C)=O)c1.O. The predicted molar refractivity (Wildman–Crippen MR) is 111 cm³/mol. The number of hydrogen-bond donors (Lipinski definition) is 3. The Morgan fingerprint density at radius 1 is 1.21 bits per heavy atom. The van der Waals surface area contributed by atoms with E-state index in [1.165, 1.54) is 6.92 Å². The summed E-state index contributed by atoms with van der Waals surface area (Å²) >= 11 is 0. The Labute approximate surface area is 167 Å². The van der Waals surface area contributed by atoms with Gasteiger partial charge >= 0.3 is 6.03 Å². The van der Waals surface area contributed by atoms with Gasteiger partial charge in [0.2, 0.25) is 0 Å². The molecule has 0 saturated carbocycles. The van der Waals surface area contributed by atoms with E-state index >= 15 is 0 Å². The Balaban J connectivity index is 0.00000729. The molecule has 1 aromatic carbocycles. The third-order valence-corrected chi connectivity index (χ3v) is 3.96. The van der Waals surface area contributed by atoms with Crippen molar-refractivity contribution in [3.05, 3.63) is 23.8 Å². The minimum Gasteiger partial charge on any atom is -0.490 e. The van der Waals surface area contributed by atoms with Crippen LogP contribution in [0.4, 0.5) is 10.5 Å². The molecular weight excluding hydrogens is 362 g/mol. The zero-order valence-electron chi connectivity index (χ0n) is 17.8. The van der Waals surface area contributed by atoms with Crippen LogP contribution in [0.3, 0.4) is 0 Å². The molecule has 0 heterocycles. The first kappa shape index (κ1) is 25.8. The highest BCUT2D eigenvalue weighted by atomic mass is 16.5. The molecule has 0 saturated heterocycles. The number of carbonyl (C=O) groups is 2. The first-order valence-corrected chi connectivity index (χ1v) is 9.34. The third kappa shape index (κ3) is 8.69. The number of nitrogens with one attached hydrogen (secondary N) is 2. The van der Waals surface area contributed by atoms with Crippen molar-refractivity contribution >= 4 is 17.5 Å². The maximum absolute atomic E-state index is 12.2. The van der Waals surface area contributed by atoms with Gasteiger partial charge in [0.25, 0.3) is 0 Å². The highest BCUT2D eigenvalue weighted by molar-refractivity contribution is 5.99. The molecule has 0 bridgehead atoms. The van der Waals surface area contributed by atoms with Crippen LogP contribution in [-0.2, 0) is 0 Å². The van der Waals surface area contributed by atoms with Crippen molar-refractivity contribution in [3.63, 3.8) is 0 Å². The summed E-state index contributed by atoms with van der Waals surface area (Å²) in [6, 6.07) is 4.70. The molecule has 0 fully saturated rings. The fourth-order valence-electron chi connectivity index (χ4n) is 2.39. The minimum atomic E-state index is -0.703. The van der Waals surface area contributed by atoms with E-state index < -0.39 is 6.10 Å². The molecule has 0 aliphatic heterocycles. The number of amides is 2. The van der Waals surface area contributed by atoms with Gasteiger partial charge < -0.3 is 30.9 Å². The first-order chi connectivity index (χ1) is 12.6. The second-order valence-corrected chi connectivity index (χ2v) is 7.47. The lowest BCUT2D eigenvalue weighted by molar-refractivity contribution is 0.0950. The van der Waals surface area contributed by atoms with Crippen LogP contribution < -0.4 is 15.4 Å². The van der Waals surface area contributed by atoms with E-state index in [1.54, 1.807) is 23.1 Å². The Bertz CT molecular complexity index is 639. The minimum absolute atomic E-state index is 0. The predicted octanol–water partition coefficient (Wildman–Crippen LogP) is 2.07. The van der Waals surface area contributed by atoms with Gasteiger partial charge in [0.05, 0.1) is 5.56 Å². The van der Waals surface area contributed by atoms with Crippen molar-refractivity contribution in [2.24, 2.45) is 0 Å². The van der Waals surface area contributed by atoms with Gasteiger partial charge in [-0.05, 0) is 59.7 Å². The number of nitrogens with zero attached hydrogens (tertiary/aromatic N) is 1. The number of aliphatic hydroxyl groups excluding tert-OH is 1. The molecule has 1 rings (SSSR count). The molecule has 0 spiro atoms. The lowest BCUT2D eigenvalue weighted by Gasteiger charge is -2.23. The van der Waals surface area contributed by atoms with Gasteiger partial charge in [0, 0.05) is 30.9 Å². The van der Waals surface area contributed by atoms with E-state index in [-0.39, 0.29) is 29.4 Å². The molecule has 1 atom stereocenters. The smallest absolute Gasteiger partial charge is 0.321 e. The number of Topliss-reactive ketones (excluding diaryl/α,β-unsaturated/α-hetero) is 1. The van der Waals surface area contributed by atoms with Gasteiger partial charge in [-0.3, -0.25) is 4.79 Å². The number of aliphatic hydroxyl groups is 1. The van der Waals surface area contributed by atoms with Crippen molar-refractivity contribution in [2.45, 2.75) is 53.2 Å². The number of rotatable bonds is 9. The zero-order valence-corrected chi connectivity index (χ0v) is 17.8. The summed E-state index contributed by atoms with van der Waals surface area (Å²) in [4.78, 5) is 25.8. The highest BCUT2D eigenvalue weighted by Crippen LogP contribution is 2.24. The van der Waals surface area contributed by atoms with Crippen molar-refractivity contribution in [2.75, 3.05) is 31.6 Å². The molecule has 5 N–H and O–H groups in total. The second kappa shape index (κ2) is 11.6. The number of ether oxygens (including phenoxy) is 1. The molecule has 1 aromatic rings. The van der Waals surface area contributed by atoms with Crippen LogP contribution in [0.1, 0.15) is 51.9 Å².